The number of fused-ring (bicyclic) bond motifs is 1. The molecule has 4 rings (SSSR count). The molecular weight excluding hydrogens is 324 g/mol. The van der Waals surface area contributed by atoms with Crippen molar-refractivity contribution in [3.05, 3.63) is 47.3 Å². The largest absolute Gasteiger partial charge is 0.345 e. The molecule has 0 atom stereocenters. The molecule has 0 spiro atoms. The Hall–Kier alpha value is -1.59. The molecule has 2 aromatic heterocycles. The average Bonchev–Trinajstić information content (AvgIpc) is 3.20. The van der Waals surface area contributed by atoms with Crippen LogP contribution in [0.4, 0.5) is 0 Å². The fraction of sp³-hybridized carbons (Fsp3) is 0.333. The second kappa shape index (κ2) is 5.80. The predicted molar refractivity (Wildman–Crippen MR) is 96.9 cm³/mol. The molecule has 1 aliphatic rings. The van der Waals surface area contributed by atoms with Gasteiger partial charge in [0.1, 0.15) is 0 Å². The van der Waals surface area contributed by atoms with Gasteiger partial charge in [0.15, 0.2) is 10.1 Å². The van der Waals surface area contributed by atoms with Crippen molar-refractivity contribution in [3.63, 3.8) is 0 Å². The number of Topliss-reactive ketones (excluding diaryl/α,β-unsaturated/α-hetero) is 1. The van der Waals surface area contributed by atoms with Crippen LogP contribution in [0.25, 0.3) is 10.2 Å². The summed E-state index contributed by atoms with van der Waals surface area (Å²) in [6.45, 7) is 4.17. The molecule has 5 heteroatoms. The molecule has 0 radical (unpaired) electrons. The van der Waals surface area contributed by atoms with Gasteiger partial charge in [-0.25, -0.2) is 4.98 Å². The number of nitrogens with zero attached hydrogens (tertiary/aromatic N) is 2. The molecule has 3 aromatic rings. The number of para-hydroxylation sites is 1. The second-order valence-electron chi connectivity index (χ2n) is 6.05. The van der Waals surface area contributed by atoms with Crippen LogP contribution in [0.5, 0.6) is 0 Å². The maximum Gasteiger partial charge on any atom is 0.174 e. The van der Waals surface area contributed by atoms with Gasteiger partial charge in [-0.05, 0) is 44.9 Å². The van der Waals surface area contributed by atoms with Gasteiger partial charge in [-0.3, -0.25) is 4.79 Å². The summed E-state index contributed by atoms with van der Waals surface area (Å²) in [5.74, 6) is 0.656. The van der Waals surface area contributed by atoms with Gasteiger partial charge in [0.2, 0.25) is 0 Å². The van der Waals surface area contributed by atoms with Crippen molar-refractivity contribution >= 4 is 39.1 Å². The van der Waals surface area contributed by atoms with E-state index < -0.39 is 0 Å². The van der Waals surface area contributed by atoms with Crippen molar-refractivity contribution in [1.82, 2.24) is 9.55 Å². The maximum absolute atomic E-state index is 12.6. The van der Waals surface area contributed by atoms with Crippen LogP contribution in [0.1, 0.15) is 40.6 Å². The van der Waals surface area contributed by atoms with E-state index in [9.17, 15) is 4.79 Å². The highest BCUT2D eigenvalue weighted by molar-refractivity contribution is 8.01. The van der Waals surface area contributed by atoms with E-state index in [0.29, 0.717) is 11.8 Å². The summed E-state index contributed by atoms with van der Waals surface area (Å²) in [5.41, 5.74) is 4.22. The maximum atomic E-state index is 12.6. The summed E-state index contributed by atoms with van der Waals surface area (Å²) in [6, 6.07) is 10.8. The fourth-order valence-corrected chi connectivity index (χ4v) is 5.02. The highest BCUT2D eigenvalue weighted by atomic mass is 32.2. The number of carbonyl (C=O) groups is 1. The molecule has 0 amide bonds. The van der Waals surface area contributed by atoms with Crippen LogP contribution in [-0.2, 0) is 0 Å². The van der Waals surface area contributed by atoms with Crippen LogP contribution in [0, 0.1) is 13.8 Å². The Balaban J connectivity index is 1.50. The number of ketones is 1. The van der Waals surface area contributed by atoms with Crippen LogP contribution >= 0.6 is 23.1 Å². The zero-order valence-electron chi connectivity index (χ0n) is 13.2. The Morgan fingerprint density at radius 3 is 2.87 bits per heavy atom. The van der Waals surface area contributed by atoms with Crippen LogP contribution in [-0.4, -0.2) is 21.1 Å². The number of thioether (sulfide) groups is 1. The van der Waals surface area contributed by atoms with Crippen LogP contribution in [0.3, 0.4) is 0 Å². The Labute approximate surface area is 143 Å². The molecular formula is C18H18N2OS2. The summed E-state index contributed by atoms with van der Waals surface area (Å²) >= 11 is 3.20. The number of benzene rings is 1. The van der Waals surface area contributed by atoms with E-state index in [1.165, 1.54) is 23.2 Å². The van der Waals surface area contributed by atoms with Crippen molar-refractivity contribution in [2.24, 2.45) is 0 Å². The van der Waals surface area contributed by atoms with Crippen LogP contribution < -0.4 is 0 Å². The van der Waals surface area contributed by atoms with E-state index in [-0.39, 0.29) is 5.78 Å². The van der Waals surface area contributed by atoms with Gasteiger partial charge in [0.05, 0.1) is 16.0 Å². The number of carbonyl (C=O) groups excluding carboxylic acids is 1. The zero-order valence-corrected chi connectivity index (χ0v) is 14.8. The molecule has 2 heterocycles. The van der Waals surface area contributed by atoms with Gasteiger partial charge in [0.25, 0.3) is 0 Å². The van der Waals surface area contributed by atoms with Crippen molar-refractivity contribution in [2.75, 3.05) is 5.75 Å². The normalized spacial score (nSPS) is 14.5. The third kappa shape index (κ3) is 2.83. The first-order chi connectivity index (χ1) is 11.1. The lowest BCUT2D eigenvalue weighted by atomic mass is 10.2. The minimum Gasteiger partial charge on any atom is -0.345 e. The van der Waals surface area contributed by atoms with Crippen LogP contribution in [0.15, 0.2) is 34.7 Å². The van der Waals surface area contributed by atoms with Gasteiger partial charge < -0.3 is 4.57 Å². The van der Waals surface area contributed by atoms with Gasteiger partial charge >= 0.3 is 0 Å². The minimum atomic E-state index is 0.203. The Kier molecular flexibility index (Phi) is 3.77. The summed E-state index contributed by atoms with van der Waals surface area (Å²) in [7, 11) is 0. The molecule has 0 bridgehead atoms. The highest BCUT2D eigenvalue weighted by Crippen LogP contribution is 2.38. The molecule has 1 fully saturated rings. The molecule has 1 aliphatic carbocycles. The van der Waals surface area contributed by atoms with Crippen LogP contribution in [0.2, 0.25) is 0 Å². The van der Waals surface area contributed by atoms with Crippen molar-refractivity contribution in [1.29, 1.82) is 0 Å². The van der Waals surface area contributed by atoms with Crippen molar-refractivity contribution in [2.45, 2.75) is 37.1 Å². The first-order valence-electron chi connectivity index (χ1n) is 7.83. The lowest BCUT2D eigenvalue weighted by molar-refractivity contribution is 0.102. The van der Waals surface area contributed by atoms with Crippen molar-refractivity contribution in [3.8, 4) is 0 Å². The molecule has 23 heavy (non-hydrogen) atoms. The summed E-state index contributed by atoms with van der Waals surface area (Å²) < 4.78 is 4.47. The Morgan fingerprint density at radius 2 is 2.13 bits per heavy atom. The van der Waals surface area contributed by atoms with E-state index in [1.54, 1.807) is 23.1 Å². The Bertz CT molecular complexity index is 857. The zero-order chi connectivity index (χ0) is 16.0. The minimum absolute atomic E-state index is 0.203. The standard InChI is InChI=1S/C18H18N2OS2/c1-11-9-14(12(2)20(11)13-7-8-13)16(21)10-22-18-19-15-5-3-4-6-17(15)23-18/h3-6,9,13H,7-8,10H2,1-2H3. The molecule has 1 saturated carbocycles. The lowest BCUT2D eigenvalue weighted by Gasteiger charge is -2.07. The number of hydrogen-bond acceptors (Lipinski definition) is 4. The molecule has 1 aromatic carbocycles. The summed E-state index contributed by atoms with van der Waals surface area (Å²) in [4.78, 5) is 17.2. The van der Waals surface area contributed by atoms with E-state index in [1.807, 2.05) is 18.2 Å². The average molecular weight is 342 g/mol. The second-order valence-corrected chi connectivity index (χ2v) is 8.30. The number of aryl methyl sites for hydroxylation is 1. The molecule has 0 aliphatic heterocycles. The molecule has 3 nitrogen and oxygen atoms in total. The number of hydrogen-bond donors (Lipinski definition) is 0. The topological polar surface area (TPSA) is 34.9 Å². The third-order valence-electron chi connectivity index (χ3n) is 4.30. The van der Waals surface area contributed by atoms with E-state index >= 15 is 0 Å². The SMILES string of the molecule is Cc1cc(C(=O)CSc2nc3ccccc3s2)c(C)n1C1CC1. The first kappa shape index (κ1) is 15.0. The summed E-state index contributed by atoms with van der Waals surface area (Å²) in [6.07, 6.45) is 2.48. The molecule has 118 valence electrons. The molecule has 0 unspecified atom stereocenters. The smallest absolute Gasteiger partial charge is 0.174 e. The third-order valence-corrected chi connectivity index (χ3v) is 6.48. The quantitative estimate of drug-likeness (QED) is 0.482. The van der Waals surface area contributed by atoms with E-state index in [0.717, 1.165) is 21.1 Å². The monoisotopic (exact) mass is 342 g/mol. The van der Waals surface area contributed by atoms with E-state index in [2.05, 4.69) is 35.5 Å². The molecule has 0 N–H and O–H groups in total. The number of rotatable bonds is 5. The number of thiazole rings is 1. The fourth-order valence-electron chi connectivity index (χ4n) is 3.07. The van der Waals surface area contributed by atoms with E-state index in [4.69, 9.17) is 0 Å². The first-order valence-corrected chi connectivity index (χ1v) is 9.63. The summed E-state index contributed by atoms with van der Waals surface area (Å²) in [5, 5.41) is 0. The van der Waals surface area contributed by atoms with Gasteiger partial charge in [-0.2, -0.15) is 0 Å². The number of aromatic nitrogens is 2. The van der Waals surface area contributed by atoms with Gasteiger partial charge in [0, 0.05) is 23.0 Å². The van der Waals surface area contributed by atoms with Crippen molar-refractivity contribution < 1.29 is 4.79 Å². The molecule has 0 saturated heterocycles. The van der Waals surface area contributed by atoms with Gasteiger partial charge in [-0.15, -0.1) is 11.3 Å². The predicted octanol–water partition coefficient (Wildman–Crippen LogP) is 5.02. The highest BCUT2D eigenvalue weighted by Gasteiger charge is 2.28. The lowest BCUT2D eigenvalue weighted by Crippen LogP contribution is -2.05. The van der Waals surface area contributed by atoms with Gasteiger partial charge in [-0.1, -0.05) is 23.9 Å². The Morgan fingerprint density at radius 1 is 1.35 bits per heavy atom.